The molecule has 0 amide bonds. The van der Waals surface area contributed by atoms with E-state index in [0.717, 1.165) is 22.6 Å². The highest BCUT2D eigenvalue weighted by Crippen LogP contribution is 2.26. The first kappa shape index (κ1) is 11.7. The van der Waals surface area contributed by atoms with Crippen LogP contribution in [-0.4, -0.2) is 19.1 Å². The second-order valence-electron chi connectivity index (χ2n) is 3.85. The molecule has 0 saturated heterocycles. The van der Waals surface area contributed by atoms with E-state index in [1.54, 1.807) is 19.6 Å². The molecule has 2 heterocycles. The van der Waals surface area contributed by atoms with E-state index in [0.29, 0.717) is 0 Å². The molecule has 1 unspecified atom stereocenters. The normalized spacial score (nSPS) is 12.4. The van der Waals surface area contributed by atoms with Gasteiger partial charge in [0.2, 0.25) is 0 Å². The predicted octanol–water partition coefficient (Wildman–Crippen LogP) is 2.30. The summed E-state index contributed by atoms with van der Waals surface area (Å²) in [5.41, 5.74) is 2.14. The highest BCUT2D eigenvalue weighted by Gasteiger charge is 2.18. The van der Waals surface area contributed by atoms with Gasteiger partial charge in [0.15, 0.2) is 0 Å². The molecule has 0 aromatic carbocycles. The Bertz CT molecular complexity index is 494. The molecule has 4 heteroatoms. The van der Waals surface area contributed by atoms with Gasteiger partial charge in [-0.25, -0.2) is 0 Å². The molecule has 0 aliphatic rings. The molecule has 0 saturated carbocycles. The third-order valence-electron chi connectivity index (χ3n) is 2.76. The van der Waals surface area contributed by atoms with E-state index < -0.39 is 0 Å². The van der Waals surface area contributed by atoms with Crippen LogP contribution in [0.15, 0.2) is 35.2 Å². The summed E-state index contributed by atoms with van der Waals surface area (Å²) in [5.74, 6) is 1.65. The Hall–Kier alpha value is -1.81. The van der Waals surface area contributed by atoms with Crippen LogP contribution in [0.25, 0.3) is 0 Å². The lowest BCUT2D eigenvalue weighted by molar-refractivity contribution is 0.410. The maximum absolute atomic E-state index is 5.51. The van der Waals surface area contributed by atoms with Crippen molar-refractivity contribution in [2.45, 2.75) is 13.0 Å². The van der Waals surface area contributed by atoms with E-state index in [-0.39, 0.29) is 6.04 Å². The first-order valence-corrected chi connectivity index (χ1v) is 5.46. The minimum Gasteiger partial charge on any atom is -0.495 e. The van der Waals surface area contributed by atoms with Crippen LogP contribution in [-0.2, 0) is 0 Å². The first-order chi connectivity index (χ1) is 8.26. The molecule has 2 aromatic heterocycles. The van der Waals surface area contributed by atoms with Gasteiger partial charge < -0.3 is 14.5 Å². The molecular formula is C13H16N2O2. The fraction of sp³-hybridized carbons (Fsp3) is 0.308. The Morgan fingerprint density at radius 1 is 1.41 bits per heavy atom. The van der Waals surface area contributed by atoms with Crippen LogP contribution in [0.3, 0.4) is 0 Å². The molecule has 0 bridgehead atoms. The molecule has 0 fully saturated rings. The molecule has 0 radical (unpaired) electrons. The quantitative estimate of drug-likeness (QED) is 0.878. The molecule has 1 atom stereocenters. The summed E-state index contributed by atoms with van der Waals surface area (Å²) >= 11 is 0. The van der Waals surface area contributed by atoms with Gasteiger partial charge in [-0.2, -0.15) is 0 Å². The van der Waals surface area contributed by atoms with Crippen molar-refractivity contribution in [2.75, 3.05) is 14.2 Å². The van der Waals surface area contributed by atoms with Gasteiger partial charge in [-0.3, -0.25) is 4.98 Å². The summed E-state index contributed by atoms with van der Waals surface area (Å²) in [6.45, 7) is 2.02. The number of aromatic nitrogens is 1. The zero-order valence-corrected chi connectivity index (χ0v) is 10.2. The van der Waals surface area contributed by atoms with E-state index in [9.17, 15) is 0 Å². The maximum Gasteiger partial charge on any atom is 0.137 e. The van der Waals surface area contributed by atoms with Crippen molar-refractivity contribution in [1.82, 2.24) is 10.3 Å². The number of hydrogen-bond donors (Lipinski definition) is 1. The summed E-state index contributed by atoms with van der Waals surface area (Å²) in [7, 11) is 3.53. The summed E-state index contributed by atoms with van der Waals surface area (Å²) in [5, 5.41) is 3.22. The number of pyridine rings is 1. The molecule has 90 valence electrons. The van der Waals surface area contributed by atoms with Crippen LogP contribution in [0.5, 0.6) is 5.75 Å². The van der Waals surface area contributed by atoms with Gasteiger partial charge in [-0.1, -0.05) is 0 Å². The van der Waals surface area contributed by atoms with E-state index in [1.807, 2.05) is 32.3 Å². The van der Waals surface area contributed by atoms with Crippen molar-refractivity contribution in [1.29, 1.82) is 0 Å². The second kappa shape index (κ2) is 5.01. The fourth-order valence-corrected chi connectivity index (χ4v) is 1.83. The van der Waals surface area contributed by atoms with Gasteiger partial charge in [-0.05, 0) is 37.2 Å². The second-order valence-corrected chi connectivity index (χ2v) is 3.85. The Morgan fingerprint density at radius 3 is 2.82 bits per heavy atom. The van der Waals surface area contributed by atoms with Gasteiger partial charge in [0.1, 0.15) is 11.5 Å². The van der Waals surface area contributed by atoms with Crippen LogP contribution in [0, 0.1) is 6.92 Å². The molecule has 4 nitrogen and oxygen atoms in total. The average molecular weight is 232 g/mol. The number of nitrogens with one attached hydrogen (secondary N) is 1. The van der Waals surface area contributed by atoms with Crippen LogP contribution >= 0.6 is 0 Å². The topological polar surface area (TPSA) is 47.3 Å². The number of ether oxygens (including phenoxy) is 1. The SMILES string of the molecule is CNC(c1cncc(OC)c1)c1occc1C. The molecule has 1 N–H and O–H groups in total. The summed E-state index contributed by atoms with van der Waals surface area (Å²) < 4.78 is 10.7. The lowest BCUT2D eigenvalue weighted by atomic mass is 10.0. The van der Waals surface area contributed by atoms with E-state index in [2.05, 4.69) is 10.3 Å². The van der Waals surface area contributed by atoms with Crippen LogP contribution in [0.1, 0.15) is 22.9 Å². The number of furan rings is 1. The van der Waals surface area contributed by atoms with E-state index >= 15 is 0 Å². The third kappa shape index (κ3) is 2.31. The van der Waals surface area contributed by atoms with Crippen molar-refractivity contribution in [3.8, 4) is 5.75 Å². The maximum atomic E-state index is 5.51. The standard InChI is InChI=1S/C13H16N2O2/c1-9-4-5-17-13(9)12(14-2)10-6-11(16-3)8-15-7-10/h4-8,12,14H,1-3H3. The van der Waals surface area contributed by atoms with Crippen LogP contribution in [0.4, 0.5) is 0 Å². The van der Waals surface area contributed by atoms with Gasteiger partial charge in [0, 0.05) is 6.20 Å². The van der Waals surface area contributed by atoms with E-state index in [4.69, 9.17) is 9.15 Å². The smallest absolute Gasteiger partial charge is 0.137 e. The summed E-state index contributed by atoms with van der Waals surface area (Å²) in [4.78, 5) is 4.16. The van der Waals surface area contributed by atoms with E-state index in [1.165, 1.54) is 0 Å². The number of rotatable bonds is 4. The predicted molar refractivity (Wildman–Crippen MR) is 65.1 cm³/mol. The lowest BCUT2D eigenvalue weighted by Crippen LogP contribution is -2.18. The van der Waals surface area contributed by atoms with Crippen molar-refractivity contribution < 1.29 is 9.15 Å². The highest BCUT2D eigenvalue weighted by atomic mass is 16.5. The lowest BCUT2D eigenvalue weighted by Gasteiger charge is -2.15. The Kier molecular flexibility index (Phi) is 3.44. The van der Waals surface area contributed by atoms with Crippen LogP contribution in [0.2, 0.25) is 0 Å². The Morgan fingerprint density at radius 2 is 2.24 bits per heavy atom. The van der Waals surface area contributed by atoms with Gasteiger partial charge in [-0.15, -0.1) is 0 Å². The summed E-state index contributed by atoms with van der Waals surface area (Å²) in [6.07, 6.45) is 5.19. The number of nitrogens with zero attached hydrogens (tertiary/aromatic N) is 1. The van der Waals surface area contributed by atoms with Gasteiger partial charge in [0.25, 0.3) is 0 Å². The van der Waals surface area contributed by atoms with Crippen molar-refractivity contribution in [3.05, 3.63) is 47.7 Å². The zero-order chi connectivity index (χ0) is 12.3. The average Bonchev–Trinajstić information content (AvgIpc) is 2.77. The highest BCUT2D eigenvalue weighted by molar-refractivity contribution is 5.33. The Balaban J connectivity index is 2.38. The largest absolute Gasteiger partial charge is 0.495 e. The zero-order valence-electron chi connectivity index (χ0n) is 10.2. The van der Waals surface area contributed by atoms with Crippen molar-refractivity contribution >= 4 is 0 Å². The molecule has 0 spiro atoms. The molecule has 2 aromatic rings. The molecule has 2 rings (SSSR count). The number of hydrogen-bond acceptors (Lipinski definition) is 4. The molecular weight excluding hydrogens is 216 g/mol. The number of methoxy groups -OCH3 is 1. The summed E-state index contributed by atoms with van der Waals surface area (Å²) in [6, 6.07) is 3.90. The monoisotopic (exact) mass is 232 g/mol. The van der Waals surface area contributed by atoms with Crippen molar-refractivity contribution in [3.63, 3.8) is 0 Å². The first-order valence-electron chi connectivity index (χ1n) is 5.46. The fourth-order valence-electron chi connectivity index (χ4n) is 1.83. The minimum atomic E-state index is -0.00685. The third-order valence-corrected chi connectivity index (χ3v) is 2.76. The number of aryl methyl sites for hydroxylation is 1. The molecule has 0 aliphatic heterocycles. The Labute approximate surface area is 101 Å². The van der Waals surface area contributed by atoms with Crippen molar-refractivity contribution in [2.24, 2.45) is 0 Å². The van der Waals surface area contributed by atoms with Gasteiger partial charge in [0.05, 0.1) is 25.6 Å². The molecule has 0 aliphatic carbocycles. The molecule has 17 heavy (non-hydrogen) atoms. The minimum absolute atomic E-state index is 0.00685. The van der Waals surface area contributed by atoms with Gasteiger partial charge >= 0.3 is 0 Å². The van der Waals surface area contributed by atoms with Crippen LogP contribution < -0.4 is 10.1 Å².